The zero-order valence-corrected chi connectivity index (χ0v) is 57.8. The van der Waals surface area contributed by atoms with Gasteiger partial charge < -0.3 is 40.7 Å². The third-order valence-corrected chi connectivity index (χ3v) is 18.1. The lowest BCUT2D eigenvalue weighted by Gasteiger charge is -2.15. The minimum atomic E-state index is -5.02. The fourth-order valence-electron chi connectivity index (χ4n) is 13.1. The smallest absolute Gasteiger partial charge is 0.416 e. The molecule has 8 aromatic carbocycles. The van der Waals surface area contributed by atoms with Crippen molar-refractivity contribution in [1.29, 1.82) is 0 Å². The molecule has 0 saturated heterocycles. The van der Waals surface area contributed by atoms with Crippen molar-refractivity contribution in [2.75, 3.05) is 34.5 Å². The Balaban J connectivity index is 0.596. The second-order valence-electron chi connectivity index (χ2n) is 25.9. The maximum atomic E-state index is 13.8. The Bertz CT molecular complexity index is 5280. The number of aromatic nitrogens is 2. The summed E-state index contributed by atoms with van der Waals surface area (Å²) in [7, 11) is 0. The van der Waals surface area contributed by atoms with Crippen LogP contribution < -0.4 is 30.7 Å². The van der Waals surface area contributed by atoms with Crippen molar-refractivity contribution in [1.82, 2.24) is 9.97 Å². The second-order valence-corrected chi connectivity index (χ2v) is 25.9. The van der Waals surface area contributed by atoms with Crippen LogP contribution in [0.5, 0.6) is 11.5 Å². The minimum Gasteiger partial charge on any atom is -0.494 e. The van der Waals surface area contributed by atoms with Crippen LogP contribution >= 0.6 is 0 Å². The predicted octanol–water partition coefficient (Wildman–Crippen LogP) is 22.9. The van der Waals surface area contributed by atoms with Crippen LogP contribution in [0.15, 0.2) is 298 Å². The van der Waals surface area contributed by atoms with Crippen molar-refractivity contribution >= 4 is 68.4 Å². The quantitative estimate of drug-likeness (QED) is 0.0331. The predicted molar refractivity (Wildman–Crippen MR) is 403 cm³/mol. The molecule has 0 amide bonds. The number of ether oxygens (including phenoxy) is 2. The lowest BCUT2D eigenvalue weighted by Crippen LogP contribution is -2.14. The summed E-state index contributed by atoms with van der Waals surface area (Å²) in [4.78, 5) is 26.8. The summed E-state index contributed by atoms with van der Waals surface area (Å²) in [5.41, 5.74) is 6.68. The van der Waals surface area contributed by atoms with Crippen molar-refractivity contribution in [3.63, 3.8) is 0 Å². The van der Waals surface area contributed by atoms with Crippen LogP contribution in [0.3, 0.4) is 0 Å². The third kappa shape index (κ3) is 17.9. The summed E-state index contributed by atoms with van der Waals surface area (Å²) in [6.07, 6.45) is -8.89. The summed E-state index contributed by atoms with van der Waals surface area (Å²) < 4.78 is 178. The van der Waals surface area contributed by atoms with E-state index in [2.05, 4.69) is 36.2 Å². The molecule has 0 radical (unpaired) electrons. The number of halogens is 12. The summed E-state index contributed by atoms with van der Waals surface area (Å²) >= 11 is 0. The van der Waals surface area contributed by atoms with Crippen LogP contribution in [0.2, 0.25) is 0 Å². The first kappa shape index (κ1) is 73.3. The molecule has 24 heteroatoms. The number of nitrogens with zero attached hydrogens (tertiary/aromatic N) is 4. The number of H-pyrrole nitrogens is 2. The fraction of sp³-hybridized carbons (Fsp3) is 0.153. The molecule has 12 nitrogen and oxygen atoms in total. The Morgan fingerprint density at radius 3 is 1.02 bits per heavy atom. The van der Waals surface area contributed by atoms with E-state index in [0.29, 0.717) is 114 Å². The first-order valence-corrected chi connectivity index (χ1v) is 34.8. The van der Waals surface area contributed by atoms with E-state index in [1.54, 1.807) is 6.08 Å². The van der Waals surface area contributed by atoms with Crippen LogP contribution in [0.1, 0.15) is 112 Å². The molecule has 0 aliphatic carbocycles. The van der Waals surface area contributed by atoms with Gasteiger partial charge in [-0.05, 0) is 164 Å². The topological polar surface area (TPSA) is 148 Å². The van der Waals surface area contributed by atoms with Crippen LogP contribution in [0.25, 0.3) is 22.3 Å². The zero-order chi connectivity index (χ0) is 75.9. The van der Waals surface area contributed by atoms with Gasteiger partial charge in [-0.2, -0.15) is 52.7 Å². The SMILES string of the molecule is FC(F)(F)c1cc(NC2=NC(=C(c3ccccc3)c3ccc(C(=C4CCC(Nc5cccc(OCCCCCOc6cccc(NC7=NC(=C(c8ccccc8)c8ccc(C(=C9CCC(Nc%10cc(C(F)(F)F)cc(C(F)(F)F)c%10)=N9)c9ccccc9)[nH]8)C=C7)c6)c5)=N4)c4ccccc4)[nH]3)C=C2)cc(C(F)(F)F)c1. The molecule has 4 aliphatic rings. The third-order valence-electron chi connectivity index (χ3n) is 18.1. The molecule has 109 heavy (non-hydrogen) atoms. The lowest BCUT2D eigenvalue weighted by molar-refractivity contribution is -0.144. The highest BCUT2D eigenvalue weighted by Crippen LogP contribution is 2.43. The maximum Gasteiger partial charge on any atom is 0.416 e. The number of hydrogen-bond acceptors (Lipinski definition) is 10. The highest BCUT2D eigenvalue weighted by molar-refractivity contribution is 6.09. The van der Waals surface area contributed by atoms with E-state index >= 15 is 0 Å². The van der Waals surface area contributed by atoms with Gasteiger partial charge in [0, 0.05) is 92.8 Å². The van der Waals surface area contributed by atoms with Crippen molar-refractivity contribution < 1.29 is 62.2 Å². The molecule has 0 fully saturated rings. The molecule has 552 valence electrons. The van der Waals surface area contributed by atoms with Crippen LogP contribution in [-0.4, -0.2) is 46.5 Å². The number of aromatic amines is 2. The maximum absolute atomic E-state index is 13.8. The van der Waals surface area contributed by atoms with Crippen LogP contribution in [-0.2, 0) is 24.7 Å². The van der Waals surface area contributed by atoms with Gasteiger partial charge >= 0.3 is 24.7 Å². The molecule has 6 N–H and O–H groups in total. The number of allylic oxidation sites excluding steroid dienone is 4. The van der Waals surface area contributed by atoms with E-state index in [9.17, 15) is 52.7 Å². The van der Waals surface area contributed by atoms with Crippen molar-refractivity contribution in [3.05, 3.63) is 345 Å². The average Bonchev–Trinajstić information content (AvgIpc) is 1.75. The lowest BCUT2D eigenvalue weighted by atomic mass is 9.99. The van der Waals surface area contributed by atoms with Gasteiger partial charge in [0.2, 0.25) is 0 Å². The molecule has 6 heterocycles. The highest BCUT2D eigenvalue weighted by Gasteiger charge is 2.39. The van der Waals surface area contributed by atoms with Gasteiger partial charge in [0.05, 0.1) is 58.3 Å². The number of nitrogens with one attached hydrogen (secondary N) is 6. The average molecular weight is 1490 g/mol. The molecule has 0 atom stereocenters. The van der Waals surface area contributed by atoms with Gasteiger partial charge in [-0.25, -0.2) is 20.0 Å². The summed E-state index contributed by atoms with van der Waals surface area (Å²) in [6.45, 7) is 0.953. The molecular formula is C85H66F12N10O2. The Kier molecular flexibility index (Phi) is 21.2. The number of alkyl halides is 12. The minimum absolute atomic E-state index is 0.0472. The van der Waals surface area contributed by atoms with E-state index < -0.39 is 52.6 Å². The Hall–Kier alpha value is -12.6. The van der Waals surface area contributed by atoms with Gasteiger partial charge in [-0.1, -0.05) is 133 Å². The van der Waals surface area contributed by atoms with E-state index in [1.165, 1.54) is 6.08 Å². The highest BCUT2D eigenvalue weighted by atomic mass is 19.4. The molecule has 0 spiro atoms. The van der Waals surface area contributed by atoms with E-state index in [-0.39, 0.29) is 35.9 Å². The van der Waals surface area contributed by atoms with Crippen LogP contribution in [0.4, 0.5) is 75.4 Å². The summed E-state index contributed by atoms with van der Waals surface area (Å²) in [6, 6.07) is 64.0. The number of amidine groups is 4. The molecule has 4 aliphatic heterocycles. The molecule has 10 aromatic rings. The van der Waals surface area contributed by atoms with Gasteiger partial charge in [-0.3, -0.25) is 0 Å². The number of rotatable bonds is 20. The second kappa shape index (κ2) is 31.5. The van der Waals surface area contributed by atoms with E-state index in [4.69, 9.17) is 24.5 Å². The number of anilines is 4. The molecule has 0 unspecified atom stereocenters. The first-order chi connectivity index (χ1) is 52.5. The summed E-state index contributed by atoms with van der Waals surface area (Å²) in [5, 5.41) is 12.3. The zero-order valence-electron chi connectivity index (χ0n) is 57.8. The Morgan fingerprint density at radius 1 is 0.312 bits per heavy atom. The van der Waals surface area contributed by atoms with E-state index in [1.807, 2.05) is 206 Å². The number of aliphatic imine (C=N–C) groups is 4. The van der Waals surface area contributed by atoms with Gasteiger partial charge in [0.15, 0.2) is 0 Å². The van der Waals surface area contributed by atoms with Gasteiger partial charge in [0.1, 0.15) is 34.8 Å². The monoisotopic (exact) mass is 1490 g/mol. The number of unbranched alkanes of at least 4 members (excludes halogenated alkanes) is 2. The molecule has 0 saturated carbocycles. The van der Waals surface area contributed by atoms with E-state index in [0.717, 1.165) is 87.0 Å². The number of hydrogen-bond donors (Lipinski definition) is 6. The fourth-order valence-corrected chi connectivity index (χ4v) is 13.1. The van der Waals surface area contributed by atoms with Gasteiger partial charge in [-0.15, -0.1) is 0 Å². The van der Waals surface area contributed by atoms with Gasteiger partial charge in [0.25, 0.3) is 0 Å². The van der Waals surface area contributed by atoms with Crippen LogP contribution in [0, 0.1) is 0 Å². The Morgan fingerprint density at radius 2 is 0.642 bits per heavy atom. The summed E-state index contributed by atoms with van der Waals surface area (Å²) in [5.74, 6) is 2.98. The molecule has 0 bridgehead atoms. The molecule has 2 aromatic heterocycles. The standard InChI is InChI=1S/C85H66F12N10O2/c86-82(87,88)56-44-57(83(89,90)91)47-62(46-56)100-76-40-36-72(106-76)80(54-22-10-3-11-23-54)68-32-30-66(102-68)78(52-18-6-1-7-19-52)70-34-38-74(104-70)98-60-26-16-28-64(50-60)108-42-14-5-15-43-109-65-29-17-27-61(51-65)99-75-39-35-71(105-75)79(53-20-8-2-9-21-53)67-31-33-69(103-67)81(55-24-12-4-13-25-55)73-37-41-77(107-73)101-63-48-58(84(92,93)94)45-59(49-63)85(95,96)97/h1-4,6-13,16-34,37-38,41,44-51,102-103H,5,14-15,35-36,39-40,42-43H2,(H,98,104)(H,99,105)(H,100,106)(H,101,107). The molecular weight excluding hydrogens is 1420 g/mol. The Labute approximate surface area is 618 Å². The van der Waals surface area contributed by atoms with Crippen molar-refractivity contribution in [2.45, 2.75) is 69.7 Å². The first-order valence-electron chi connectivity index (χ1n) is 34.8. The normalized spacial score (nSPS) is 16.3. The molecule has 14 rings (SSSR count). The van der Waals surface area contributed by atoms with Crippen molar-refractivity contribution in [3.8, 4) is 11.5 Å². The number of benzene rings is 8. The van der Waals surface area contributed by atoms with Crippen molar-refractivity contribution in [2.24, 2.45) is 20.0 Å². The largest absolute Gasteiger partial charge is 0.494 e.